The van der Waals surface area contributed by atoms with Gasteiger partial charge in [-0.15, -0.1) is 0 Å². The average molecular weight is 328 g/mol. The number of rotatable bonds is 3. The van der Waals surface area contributed by atoms with Crippen molar-refractivity contribution < 1.29 is 19.1 Å². The Kier molecular flexibility index (Phi) is 3.61. The first-order chi connectivity index (χ1) is 8.99. The van der Waals surface area contributed by atoms with Crippen LogP contribution in [0.2, 0.25) is 0 Å². The number of hydrogen-bond acceptors (Lipinski definition) is 3. The lowest BCUT2D eigenvalue weighted by Crippen LogP contribution is -2.16. The van der Waals surface area contributed by atoms with Crippen LogP contribution in [-0.4, -0.2) is 27.0 Å². The minimum atomic E-state index is -1.29. The van der Waals surface area contributed by atoms with Gasteiger partial charge in [-0.1, -0.05) is 0 Å². The van der Waals surface area contributed by atoms with E-state index in [1.165, 1.54) is 18.2 Å². The van der Waals surface area contributed by atoms with Crippen molar-refractivity contribution in [3.8, 4) is 0 Å². The summed E-state index contributed by atoms with van der Waals surface area (Å²) < 4.78 is 13.2. The molecule has 0 unspecified atom stereocenters. The SMILES string of the molecule is O=C(Nc1ccc(F)c(Br)c1)c1nc[nH]c1C(=O)O. The van der Waals surface area contributed by atoms with E-state index in [9.17, 15) is 14.0 Å². The second kappa shape index (κ2) is 5.19. The topological polar surface area (TPSA) is 95.1 Å². The maximum atomic E-state index is 13.0. The normalized spacial score (nSPS) is 10.2. The lowest BCUT2D eigenvalue weighted by molar-refractivity contribution is 0.0686. The van der Waals surface area contributed by atoms with Gasteiger partial charge in [0.15, 0.2) is 11.4 Å². The van der Waals surface area contributed by atoms with Gasteiger partial charge in [-0.3, -0.25) is 4.79 Å². The first kappa shape index (κ1) is 13.2. The van der Waals surface area contributed by atoms with Crippen LogP contribution in [0.25, 0.3) is 0 Å². The first-order valence-corrected chi connectivity index (χ1v) is 5.81. The van der Waals surface area contributed by atoms with Crippen molar-refractivity contribution in [2.45, 2.75) is 0 Å². The fourth-order valence-electron chi connectivity index (χ4n) is 1.39. The molecule has 0 saturated heterocycles. The predicted octanol–water partition coefficient (Wildman–Crippen LogP) is 2.26. The third kappa shape index (κ3) is 2.79. The van der Waals surface area contributed by atoms with Crippen LogP contribution in [0.5, 0.6) is 0 Å². The molecule has 0 aliphatic heterocycles. The van der Waals surface area contributed by atoms with E-state index in [1.54, 1.807) is 0 Å². The highest BCUT2D eigenvalue weighted by molar-refractivity contribution is 9.10. The highest BCUT2D eigenvalue weighted by atomic mass is 79.9. The second-order valence-corrected chi connectivity index (χ2v) is 4.37. The van der Waals surface area contributed by atoms with Crippen molar-refractivity contribution in [3.63, 3.8) is 0 Å². The molecule has 6 nitrogen and oxygen atoms in total. The summed E-state index contributed by atoms with van der Waals surface area (Å²) in [6, 6.07) is 3.88. The summed E-state index contributed by atoms with van der Waals surface area (Å²) in [7, 11) is 0. The number of carboxylic acids is 1. The van der Waals surface area contributed by atoms with Gasteiger partial charge >= 0.3 is 5.97 Å². The van der Waals surface area contributed by atoms with Crippen LogP contribution in [0.4, 0.5) is 10.1 Å². The van der Waals surface area contributed by atoms with Crippen LogP contribution < -0.4 is 5.32 Å². The van der Waals surface area contributed by atoms with Crippen molar-refractivity contribution >= 4 is 33.5 Å². The Morgan fingerprint density at radius 3 is 2.79 bits per heavy atom. The Morgan fingerprint density at radius 1 is 1.42 bits per heavy atom. The van der Waals surface area contributed by atoms with Crippen LogP contribution in [0.1, 0.15) is 21.0 Å². The molecule has 0 bridgehead atoms. The number of benzene rings is 1. The van der Waals surface area contributed by atoms with Crippen molar-refractivity contribution in [1.82, 2.24) is 9.97 Å². The zero-order chi connectivity index (χ0) is 14.0. The number of nitrogens with one attached hydrogen (secondary N) is 2. The summed E-state index contributed by atoms with van der Waals surface area (Å²) in [6.45, 7) is 0. The number of aromatic carboxylic acids is 1. The Bertz CT molecular complexity index is 656. The number of carbonyl (C=O) groups is 2. The van der Waals surface area contributed by atoms with Gasteiger partial charge in [0.05, 0.1) is 10.8 Å². The lowest BCUT2D eigenvalue weighted by atomic mass is 10.2. The van der Waals surface area contributed by atoms with Crippen LogP contribution in [0.3, 0.4) is 0 Å². The Labute approximate surface area is 114 Å². The smallest absolute Gasteiger partial charge is 0.354 e. The molecule has 2 rings (SSSR count). The predicted molar refractivity (Wildman–Crippen MR) is 67.6 cm³/mol. The largest absolute Gasteiger partial charge is 0.477 e. The summed E-state index contributed by atoms with van der Waals surface area (Å²) >= 11 is 2.98. The molecule has 0 spiro atoms. The molecule has 0 aliphatic rings. The van der Waals surface area contributed by atoms with Gasteiger partial charge < -0.3 is 15.4 Å². The zero-order valence-electron chi connectivity index (χ0n) is 9.28. The molecular formula is C11H7BrFN3O3. The summed E-state index contributed by atoms with van der Waals surface area (Å²) in [5, 5.41) is 11.3. The van der Waals surface area contributed by atoms with Crippen molar-refractivity contribution in [2.24, 2.45) is 0 Å². The highest BCUT2D eigenvalue weighted by Gasteiger charge is 2.19. The van der Waals surface area contributed by atoms with Gasteiger partial charge in [-0.2, -0.15) is 0 Å². The minimum absolute atomic E-state index is 0.186. The van der Waals surface area contributed by atoms with E-state index in [0.717, 1.165) is 6.33 Å². The number of anilines is 1. The molecule has 1 heterocycles. The standard InChI is InChI=1S/C11H7BrFN3O3/c12-6-3-5(1-2-7(6)13)16-10(17)8-9(11(18)19)15-4-14-8/h1-4H,(H,14,15)(H,16,17)(H,18,19). The fraction of sp³-hybridized carbons (Fsp3) is 0. The van der Waals surface area contributed by atoms with Crippen LogP contribution in [0, 0.1) is 5.82 Å². The molecule has 1 aromatic heterocycles. The number of imidazole rings is 1. The van der Waals surface area contributed by atoms with E-state index in [-0.39, 0.29) is 15.9 Å². The van der Waals surface area contributed by atoms with Gasteiger partial charge in [0.2, 0.25) is 0 Å². The Hall–Kier alpha value is -2.22. The van der Waals surface area contributed by atoms with Gasteiger partial charge in [-0.25, -0.2) is 14.2 Å². The minimum Gasteiger partial charge on any atom is -0.477 e. The van der Waals surface area contributed by atoms with Gasteiger partial charge in [0, 0.05) is 5.69 Å². The molecule has 8 heteroatoms. The maximum Gasteiger partial charge on any atom is 0.354 e. The number of aromatic nitrogens is 2. The van der Waals surface area contributed by atoms with Crippen LogP contribution in [-0.2, 0) is 0 Å². The molecule has 98 valence electrons. The van der Waals surface area contributed by atoms with E-state index in [2.05, 4.69) is 31.2 Å². The quantitative estimate of drug-likeness (QED) is 0.805. The number of H-pyrrole nitrogens is 1. The number of carboxylic acid groups (broad SMARTS) is 1. The van der Waals surface area contributed by atoms with Gasteiger partial charge in [0.25, 0.3) is 5.91 Å². The Morgan fingerprint density at radius 2 is 2.16 bits per heavy atom. The zero-order valence-corrected chi connectivity index (χ0v) is 10.9. The summed E-state index contributed by atoms with van der Waals surface area (Å²) in [6.07, 6.45) is 1.11. The highest BCUT2D eigenvalue weighted by Crippen LogP contribution is 2.20. The number of nitrogens with zero attached hydrogens (tertiary/aromatic N) is 1. The molecule has 0 radical (unpaired) electrons. The van der Waals surface area contributed by atoms with Crippen molar-refractivity contribution in [1.29, 1.82) is 0 Å². The molecule has 0 aliphatic carbocycles. The maximum absolute atomic E-state index is 13.0. The Balaban J connectivity index is 2.23. The molecule has 2 aromatic rings. The fourth-order valence-corrected chi connectivity index (χ4v) is 1.77. The summed E-state index contributed by atoms with van der Waals surface area (Å²) in [5.74, 6) is -2.45. The number of halogens is 2. The van der Waals surface area contributed by atoms with Gasteiger partial charge in [-0.05, 0) is 34.1 Å². The molecule has 1 amide bonds. The molecule has 0 saturated carbocycles. The second-order valence-electron chi connectivity index (χ2n) is 3.51. The lowest BCUT2D eigenvalue weighted by Gasteiger charge is -2.05. The first-order valence-electron chi connectivity index (χ1n) is 5.02. The van der Waals surface area contributed by atoms with Gasteiger partial charge in [0.1, 0.15) is 5.82 Å². The number of amides is 1. The van der Waals surface area contributed by atoms with Crippen LogP contribution in [0.15, 0.2) is 29.0 Å². The molecule has 19 heavy (non-hydrogen) atoms. The van der Waals surface area contributed by atoms with E-state index in [4.69, 9.17) is 5.11 Å². The molecule has 0 fully saturated rings. The number of hydrogen-bond donors (Lipinski definition) is 3. The third-order valence-electron chi connectivity index (χ3n) is 2.25. The van der Waals surface area contributed by atoms with Crippen molar-refractivity contribution in [2.75, 3.05) is 5.32 Å². The monoisotopic (exact) mass is 327 g/mol. The van der Waals surface area contributed by atoms with E-state index >= 15 is 0 Å². The average Bonchev–Trinajstić information content (AvgIpc) is 2.83. The number of carbonyl (C=O) groups excluding carboxylic acids is 1. The van der Waals surface area contributed by atoms with E-state index in [0.29, 0.717) is 5.69 Å². The van der Waals surface area contributed by atoms with Crippen LogP contribution >= 0.6 is 15.9 Å². The summed E-state index contributed by atoms with van der Waals surface area (Å²) in [4.78, 5) is 28.7. The molecule has 1 aromatic carbocycles. The summed E-state index contributed by atoms with van der Waals surface area (Å²) in [5.41, 5.74) is -0.232. The molecule has 0 atom stereocenters. The number of aromatic amines is 1. The van der Waals surface area contributed by atoms with E-state index < -0.39 is 17.7 Å². The molecule has 3 N–H and O–H groups in total. The molecular weight excluding hydrogens is 321 g/mol. The van der Waals surface area contributed by atoms with E-state index in [1.807, 2.05) is 0 Å². The third-order valence-corrected chi connectivity index (χ3v) is 2.85. The van der Waals surface area contributed by atoms with Crippen molar-refractivity contribution in [3.05, 3.63) is 46.2 Å².